The van der Waals surface area contributed by atoms with Crippen LogP contribution in [0.5, 0.6) is 5.75 Å². The third kappa shape index (κ3) is 2.21. The van der Waals surface area contributed by atoms with Crippen molar-refractivity contribution in [3.05, 3.63) is 35.1 Å². The smallest absolute Gasteiger partial charge is 0.178 e. The highest BCUT2D eigenvalue weighted by molar-refractivity contribution is 7.71. The Balaban J connectivity index is 2.14. The maximum absolute atomic E-state index is 5.85. The molecular weight excluding hydrogens is 256 g/mol. The molecule has 0 bridgehead atoms. The Bertz CT molecular complexity index is 673. The number of rotatable bonds is 3. The summed E-state index contributed by atoms with van der Waals surface area (Å²) in [6, 6.07) is 6.56. The van der Waals surface area contributed by atoms with E-state index in [9.17, 15) is 0 Å². The average Bonchev–Trinajstić information content (AvgIpc) is 2.95. The van der Waals surface area contributed by atoms with Gasteiger partial charge in [-0.15, -0.1) is 0 Å². The zero-order chi connectivity index (χ0) is 13.4. The Kier molecular flexibility index (Phi) is 3.19. The number of nitrogens with zero attached hydrogens (tertiary/aromatic N) is 1. The number of ether oxygens (including phenoxy) is 1. The second-order valence-electron chi connectivity index (χ2n) is 5.21. The summed E-state index contributed by atoms with van der Waals surface area (Å²) < 4.78 is 8.85. The van der Waals surface area contributed by atoms with E-state index < -0.39 is 0 Å². The summed E-state index contributed by atoms with van der Waals surface area (Å²) in [7, 11) is 0. The van der Waals surface area contributed by atoms with Gasteiger partial charge in [-0.1, -0.05) is 18.2 Å². The molecule has 1 N–H and O–H groups in total. The first kappa shape index (κ1) is 12.5. The first-order chi connectivity index (χ1) is 9.16. The van der Waals surface area contributed by atoms with Crippen LogP contribution in [0.15, 0.2) is 30.4 Å². The number of benzene rings is 1. The van der Waals surface area contributed by atoms with Crippen LogP contribution in [-0.2, 0) is 0 Å². The van der Waals surface area contributed by atoms with Crippen LogP contribution >= 0.6 is 12.2 Å². The normalized spacial score (nSPS) is 15.7. The lowest BCUT2D eigenvalue weighted by atomic mass is 10.2. The van der Waals surface area contributed by atoms with Crippen LogP contribution < -0.4 is 4.74 Å². The van der Waals surface area contributed by atoms with Crippen molar-refractivity contribution in [2.75, 3.05) is 0 Å². The molecule has 0 atom stereocenters. The quantitative estimate of drug-likeness (QED) is 0.665. The van der Waals surface area contributed by atoms with E-state index in [0.717, 1.165) is 34.4 Å². The van der Waals surface area contributed by atoms with Crippen molar-refractivity contribution in [1.82, 2.24) is 9.55 Å². The monoisotopic (exact) mass is 274 g/mol. The minimum atomic E-state index is 0.157. The number of para-hydroxylation sites is 1. The molecule has 0 unspecified atom stereocenters. The van der Waals surface area contributed by atoms with Gasteiger partial charge in [0.05, 0.1) is 11.6 Å². The summed E-state index contributed by atoms with van der Waals surface area (Å²) >= 11 is 5.49. The van der Waals surface area contributed by atoms with Gasteiger partial charge in [-0.25, -0.2) is 0 Å². The second-order valence-corrected chi connectivity index (χ2v) is 5.60. The number of fused-ring (bicyclic) bond motifs is 1. The highest BCUT2D eigenvalue weighted by atomic mass is 32.1. The molecule has 1 aromatic heterocycles. The van der Waals surface area contributed by atoms with Crippen molar-refractivity contribution in [2.45, 2.75) is 38.8 Å². The third-order valence-corrected chi connectivity index (χ3v) is 3.72. The van der Waals surface area contributed by atoms with E-state index >= 15 is 0 Å². The molecule has 0 fully saturated rings. The van der Waals surface area contributed by atoms with Gasteiger partial charge in [-0.2, -0.15) is 0 Å². The van der Waals surface area contributed by atoms with Gasteiger partial charge in [0.15, 0.2) is 4.77 Å². The van der Waals surface area contributed by atoms with E-state index in [1.165, 1.54) is 0 Å². The number of aromatic nitrogens is 2. The molecule has 1 aliphatic carbocycles. The van der Waals surface area contributed by atoms with Crippen molar-refractivity contribution in [3.63, 3.8) is 0 Å². The van der Waals surface area contributed by atoms with E-state index in [0.29, 0.717) is 6.04 Å². The lowest BCUT2D eigenvalue weighted by Crippen LogP contribution is -2.06. The van der Waals surface area contributed by atoms with E-state index in [1.807, 2.05) is 26.0 Å². The molecule has 0 aliphatic heterocycles. The van der Waals surface area contributed by atoms with Gasteiger partial charge in [-0.3, -0.25) is 0 Å². The first-order valence-electron chi connectivity index (χ1n) is 6.71. The van der Waals surface area contributed by atoms with Gasteiger partial charge in [0, 0.05) is 6.04 Å². The summed E-state index contributed by atoms with van der Waals surface area (Å²) in [5.41, 5.74) is 2.14. The summed E-state index contributed by atoms with van der Waals surface area (Å²) in [6.45, 7) is 4.07. The van der Waals surface area contributed by atoms with E-state index in [1.54, 1.807) is 0 Å². The predicted molar refractivity (Wildman–Crippen MR) is 80.3 cm³/mol. The Morgan fingerprint density at radius 2 is 2.05 bits per heavy atom. The fourth-order valence-electron chi connectivity index (χ4n) is 2.65. The molecule has 100 valence electrons. The maximum Gasteiger partial charge on any atom is 0.178 e. The number of allylic oxidation sites excluding steroid dienone is 2. The van der Waals surface area contributed by atoms with Crippen molar-refractivity contribution >= 4 is 23.3 Å². The highest BCUT2D eigenvalue weighted by Crippen LogP contribution is 2.32. The van der Waals surface area contributed by atoms with Crippen LogP contribution in [0.3, 0.4) is 0 Å². The van der Waals surface area contributed by atoms with Gasteiger partial charge in [0.25, 0.3) is 0 Å². The van der Waals surface area contributed by atoms with Crippen LogP contribution in [0, 0.1) is 4.77 Å². The number of H-pyrrole nitrogens is 1. The Hall–Kier alpha value is -1.55. The Morgan fingerprint density at radius 1 is 1.32 bits per heavy atom. The van der Waals surface area contributed by atoms with Crippen molar-refractivity contribution in [3.8, 4) is 5.75 Å². The first-order valence-corrected chi connectivity index (χ1v) is 7.12. The number of aromatic amines is 1. The van der Waals surface area contributed by atoms with Gasteiger partial charge >= 0.3 is 0 Å². The summed E-state index contributed by atoms with van der Waals surface area (Å²) in [6.07, 6.45) is 6.70. The standard InChI is InChI=1S/C15H18N2OS/c1-10(2)18-13-9-5-8-12-14(13)16-15(19)17(12)11-6-3-4-7-11/h3-5,8-11H,6-7H2,1-2H3,(H,16,19). The molecule has 1 aromatic carbocycles. The van der Waals surface area contributed by atoms with E-state index in [4.69, 9.17) is 17.0 Å². The molecule has 0 radical (unpaired) electrons. The van der Waals surface area contributed by atoms with Crippen LogP contribution in [0.25, 0.3) is 11.0 Å². The third-order valence-electron chi connectivity index (χ3n) is 3.43. The lowest BCUT2D eigenvalue weighted by Gasteiger charge is -2.14. The largest absolute Gasteiger partial charge is 0.489 e. The van der Waals surface area contributed by atoms with Gasteiger partial charge < -0.3 is 14.3 Å². The average molecular weight is 274 g/mol. The molecule has 3 rings (SSSR count). The molecule has 2 aromatic rings. The second kappa shape index (κ2) is 4.85. The number of nitrogens with one attached hydrogen (secondary N) is 1. The fraction of sp³-hybridized carbons (Fsp3) is 0.400. The molecule has 0 saturated carbocycles. The van der Waals surface area contributed by atoms with Gasteiger partial charge in [0.2, 0.25) is 0 Å². The van der Waals surface area contributed by atoms with E-state index in [2.05, 4.69) is 27.8 Å². The van der Waals surface area contributed by atoms with E-state index in [-0.39, 0.29) is 6.10 Å². The van der Waals surface area contributed by atoms with Gasteiger partial charge in [-0.05, 0) is 51.0 Å². The van der Waals surface area contributed by atoms with Crippen LogP contribution in [0.2, 0.25) is 0 Å². The van der Waals surface area contributed by atoms with Crippen LogP contribution in [-0.4, -0.2) is 15.7 Å². The molecule has 0 saturated heterocycles. The summed E-state index contributed by atoms with van der Waals surface area (Å²) in [5, 5.41) is 0. The zero-order valence-corrected chi connectivity index (χ0v) is 12.0. The Labute approximate surface area is 117 Å². The minimum Gasteiger partial charge on any atom is -0.489 e. The maximum atomic E-state index is 5.85. The molecule has 1 heterocycles. The lowest BCUT2D eigenvalue weighted by molar-refractivity contribution is 0.245. The number of imidazole rings is 1. The topological polar surface area (TPSA) is 29.9 Å². The molecular formula is C15H18N2OS. The van der Waals surface area contributed by atoms with Crippen LogP contribution in [0.4, 0.5) is 0 Å². The SMILES string of the molecule is CC(C)Oc1cccc2c1[nH]c(=S)n2C1CC=CC1. The number of hydrogen-bond acceptors (Lipinski definition) is 2. The molecule has 4 heteroatoms. The van der Waals surface area contributed by atoms with Crippen molar-refractivity contribution < 1.29 is 4.74 Å². The molecule has 19 heavy (non-hydrogen) atoms. The molecule has 1 aliphatic rings. The fourth-order valence-corrected chi connectivity index (χ4v) is 3.00. The minimum absolute atomic E-state index is 0.157. The van der Waals surface area contributed by atoms with Gasteiger partial charge in [0.1, 0.15) is 11.3 Å². The number of hydrogen-bond donors (Lipinski definition) is 1. The Morgan fingerprint density at radius 3 is 2.74 bits per heavy atom. The predicted octanol–water partition coefficient (Wildman–Crippen LogP) is 4.38. The summed E-state index contributed by atoms with van der Waals surface area (Å²) in [4.78, 5) is 3.30. The van der Waals surface area contributed by atoms with Crippen LogP contribution in [0.1, 0.15) is 32.7 Å². The summed E-state index contributed by atoms with van der Waals surface area (Å²) in [5.74, 6) is 0.878. The molecule has 0 spiro atoms. The van der Waals surface area contributed by atoms with Crippen molar-refractivity contribution in [2.24, 2.45) is 0 Å². The zero-order valence-electron chi connectivity index (χ0n) is 11.2. The molecule has 3 nitrogen and oxygen atoms in total. The molecule has 0 amide bonds. The van der Waals surface area contributed by atoms with Crippen molar-refractivity contribution in [1.29, 1.82) is 0 Å². The highest BCUT2D eigenvalue weighted by Gasteiger charge is 2.18.